The van der Waals surface area contributed by atoms with Crippen LogP contribution in [-0.4, -0.2) is 16.0 Å². The molecule has 104 valence electrons. The molecular formula is C15H20O4. The van der Waals surface area contributed by atoms with E-state index in [9.17, 15) is 15.0 Å². The maximum atomic E-state index is 12.4. The predicted octanol–water partition coefficient (Wildman–Crippen LogP) is 2.23. The lowest BCUT2D eigenvalue weighted by Crippen LogP contribution is -2.43. The van der Waals surface area contributed by atoms with E-state index in [1.54, 1.807) is 0 Å². The number of aliphatic hydroxyl groups excluding tert-OH is 1. The van der Waals surface area contributed by atoms with Gasteiger partial charge in [0.25, 0.3) is 0 Å². The van der Waals surface area contributed by atoms with Crippen molar-refractivity contribution < 1.29 is 19.4 Å². The van der Waals surface area contributed by atoms with Crippen LogP contribution in [-0.2, 0) is 12.2 Å². The van der Waals surface area contributed by atoms with Gasteiger partial charge in [0, 0.05) is 23.0 Å². The molecule has 0 saturated heterocycles. The molecule has 0 aromatic carbocycles. The summed E-state index contributed by atoms with van der Waals surface area (Å²) in [6.07, 6.45) is 2.81. The van der Waals surface area contributed by atoms with E-state index in [1.807, 2.05) is 6.92 Å². The summed E-state index contributed by atoms with van der Waals surface area (Å²) in [6, 6.07) is 0. The second-order valence-electron chi connectivity index (χ2n) is 6.85. The summed E-state index contributed by atoms with van der Waals surface area (Å²) < 4.78 is 5.33. The minimum absolute atomic E-state index is 0.0143. The number of aliphatic hydroxyl groups is 2. The number of hydrogen-bond donors (Lipinski definition) is 2. The third-order valence-electron chi connectivity index (χ3n) is 4.85. The van der Waals surface area contributed by atoms with Crippen LogP contribution in [0.15, 0.2) is 10.7 Å². The zero-order valence-corrected chi connectivity index (χ0v) is 11.6. The predicted molar refractivity (Wildman–Crippen MR) is 68.5 cm³/mol. The Morgan fingerprint density at radius 2 is 2.16 bits per heavy atom. The van der Waals surface area contributed by atoms with Gasteiger partial charge >= 0.3 is 0 Å². The van der Waals surface area contributed by atoms with Gasteiger partial charge in [-0.25, -0.2) is 0 Å². The zero-order chi connectivity index (χ0) is 14.0. The molecule has 19 heavy (non-hydrogen) atoms. The van der Waals surface area contributed by atoms with Gasteiger partial charge in [-0.1, -0.05) is 20.8 Å². The molecule has 2 aliphatic carbocycles. The summed E-state index contributed by atoms with van der Waals surface area (Å²) in [5.74, 6) is -0.141. The summed E-state index contributed by atoms with van der Waals surface area (Å²) in [6.45, 7) is 5.87. The van der Waals surface area contributed by atoms with Crippen molar-refractivity contribution in [3.63, 3.8) is 0 Å². The molecule has 4 nitrogen and oxygen atoms in total. The highest BCUT2D eigenvalue weighted by Crippen LogP contribution is 2.59. The molecule has 0 amide bonds. The number of carbonyl (C=O) groups is 1. The monoisotopic (exact) mass is 264 g/mol. The molecule has 0 aliphatic heterocycles. The molecule has 0 unspecified atom stereocenters. The lowest BCUT2D eigenvalue weighted by molar-refractivity contribution is -0.0322. The van der Waals surface area contributed by atoms with Crippen LogP contribution in [0.4, 0.5) is 0 Å². The van der Waals surface area contributed by atoms with Crippen molar-refractivity contribution >= 4 is 5.78 Å². The fraction of sp³-hybridized carbons (Fsp3) is 0.667. The molecule has 0 bridgehead atoms. The highest BCUT2D eigenvalue weighted by Gasteiger charge is 2.59. The van der Waals surface area contributed by atoms with Crippen LogP contribution in [0.1, 0.15) is 55.3 Å². The summed E-state index contributed by atoms with van der Waals surface area (Å²) in [5, 5.41) is 20.6. The first kappa shape index (κ1) is 12.9. The SMILES string of the molecule is C[C@@H]1C(=O)c2occ(CO)c2[C@]2(O)CC(C)(C)C[C@H]12. The molecule has 1 saturated carbocycles. The minimum atomic E-state index is -1.04. The number of carbonyl (C=O) groups excluding carboxylic acids is 1. The van der Waals surface area contributed by atoms with E-state index in [0.29, 0.717) is 17.5 Å². The molecular weight excluding hydrogens is 244 g/mol. The zero-order valence-electron chi connectivity index (χ0n) is 11.6. The average molecular weight is 264 g/mol. The molecule has 2 N–H and O–H groups in total. The van der Waals surface area contributed by atoms with Gasteiger partial charge in [0.1, 0.15) is 0 Å². The van der Waals surface area contributed by atoms with Crippen molar-refractivity contribution in [3.8, 4) is 0 Å². The molecule has 0 radical (unpaired) electrons. The second kappa shape index (κ2) is 3.70. The van der Waals surface area contributed by atoms with Crippen LogP contribution in [0.2, 0.25) is 0 Å². The third-order valence-corrected chi connectivity index (χ3v) is 4.85. The summed E-state index contributed by atoms with van der Waals surface area (Å²) in [4.78, 5) is 12.4. The lowest BCUT2D eigenvalue weighted by Gasteiger charge is -2.38. The first-order chi connectivity index (χ1) is 8.80. The molecule has 1 heterocycles. The van der Waals surface area contributed by atoms with Gasteiger partial charge in [0.2, 0.25) is 5.78 Å². The van der Waals surface area contributed by atoms with Gasteiger partial charge in [-0.15, -0.1) is 0 Å². The molecule has 2 aliphatic rings. The fourth-order valence-corrected chi connectivity index (χ4v) is 4.12. The van der Waals surface area contributed by atoms with Crippen LogP contribution in [0, 0.1) is 17.3 Å². The molecule has 0 spiro atoms. The number of ketones is 1. The Hall–Kier alpha value is -1.13. The van der Waals surface area contributed by atoms with Crippen molar-refractivity contribution in [1.29, 1.82) is 0 Å². The number of Topliss-reactive ketones (excluding diaryl/α,β-unsaturated/α-hetero) is 1. The number of rotatable bonds is 1. The highest BCUT2D eigenvalue weighted by molar-refractivity contribution is 5.98. The average Bonchev–Trinajstić information content (AvgIpc) is 2.85. The Bertz CT molecular complexity index is 542. The van der Waals surface area contributed by atoms with Crippen molar-refractivity contribution in [3.05, 3.63) is 23.2 Å². The lowest BCUT2D eigenvalue weighted by atomic mass is 9.69. The van der Waals surface area contributed by atoms with Crippen LogP contribution in [0.3, 0.4) is 0 Å². The quantitative estimate of drug-likeness (QED) is 0.816. The van der Waals surface area contributed by atoms with Crippen molar-refractivity contribution in [2.45, 2.75) is 45.8 Å². The Labute approximate surface area is 112 Å². The van der Waals surface area contributed by atoms with E-state index in [2.05, 4.69) is 13.8 Å². The van der Waals surface area contributed by atoms with Crippen LogP contribution >= 0.6 is 0 Å². The van der Waals surface area contributed by atoms with E-state index in [-0.39, 0.29) is 35.4 Å². The molecule has 1 aromatic heterocycles. The Morgan fingerprint density at radius 1 is 1.47 bits per heavy atom. The highest BCUT2D eigenvalue weighted by atomic mass is 16.3. The largest absolute Gasteiger partial charge is 0.460 e. The van der Waals surface area contributed by atoms with Crippen LogP contribution < -0.4 is 0 Å². The molecule has 1 aromatic rings. The number of furan rings is 1. The van der Waals surface area contributed by atoms with Gasteiger partial charge in [-0.05, 0) is 18.3 Å². The van der Waals surface area contributed by atoms with Gasteiger partial charge < -0.3 is 14.6 Å². The normalized spacial score (nSPS) is 36.2. The van der Waals surface area contributed by atoms with E-state index in [0.717, 1.165) is 6.42 Å². The van der Waals surface area contributed by atoms with E-state index < -0.39 is 5.60 Å². The van der Waals surface area contributed by atoms with Crippen LogP contribution in [0.5, 0.6) is 0 Å². The Morgan fingerprint density at radius 3 is 2.79 bits per heavy atom. The first-order valence-corrected chi connectivity index (χ1v) is 6.78. The fourth-order valence-electron chi connectivity index (χ4n) is 4.12. The topological polar surface area (TPSA) is 70.7 Å². The number of hydrogen-bond acceptors (Lipinski definition) is 4. The molecule has 4 heteroatoms. The smallest absolute Gasteiger partial charge is 0.201 e. The van der Waals surface area contributed by atoms with Gasteiger partial charge in [-0.3, -0.25) is 4.79 Å². The van der Waals surface area contributed by atoms with Crippen LogP contribution in [0.25, 0.3) is 0 Å². The van der Waals surface area contributed by atoms with Gasteiger partial charge in [-0.2, -0.15) is 0 Å². The summed E-state index contributed by atoms with van der Waals surface area (Å²) >= 11 is 0. The third kappa shape index (κ3) is 1.56. The number of fused-ring (bicyclic) bond motifs is 3. The first-order valence-electron chi connectivity index (χ1n) is 6.78. The van der Waals surface area contributed by atoms with Crippen molar-refractivity contribution in [2.75, 3.05) is 0 Å². The molecule has 3 atom stereocenters. The maximum Gasteiger partial charge on any atom is 0.201 e. The standard InChI is InChI=1S/C15H20O4/c1-8-10-4-14(2,3)7-15(10,18)11-9(5-16)6-19-13(11)12(8)17/h6,8,10,16,18H,4-5,7H2,1-3H3/t8-,10+,15-/m0/s1. The Kier molecular flexibility index (Phi) is 2.51. The van der Waals surface area contributed by atoms with Gasteiger partial charge in [0.05, 0.1) is 18.5 Å². The molecule has 3 rings (SSSR count). The summed E-state index contributed by atoms with van der Waals surface area (Å²) in [5.41, 5.74) is 0.0191. The van der Waals surface area contributed by atoms with Gasteiger partial charge in [0.15, 0.2) is 5.76 Å². The molecule has 1 fully saturated rings. The van der Waals surface area contributed by atoms with E-state index in [4.69, 9.17) is 4.42 Å². The minimum Gasteiger partial charge on any atom is -0.460 e. The van der Waals surface area contributed by atoms with Crippen molar-refractivity contribution in [2.24, 2.45) is 17.3 Å². The van der Waals surface area contributed by atoms with Crippen molar-refractivity contribution in [1.82, 2.24) is 0 Å². The Balaban J connectivity index is 2.23. The van der Waals surface area contributed by atoms with E-state index >= 15 is 0 Å². The van der Waals surface area contributed by atoms with E-state index in [1.165, 1.54) is 6.26 Å². The summed E-state index contributed by atoms with van der Waals surface area (Å²) in [7, 11) is 0. The second-order valence-corrected chi connectivity index (χ2v) is 6.85. The maximum absolute atomic E-state index is 12.4.